The van der Waals surface area contributed by atoms with Gasteiger partial charge >= 0.3 is 5.97 Å². The van der Waals surface area contributed by atoms with Gasteiger partial charge in [-0.15, -0.1) is 6.58 Å². The molecule has 0 bridgehead atoms. The molecule has 1 N–H and O–H groups in total. The zero-order valence-electron chi connectivity index (χ0n) is 8.48. The summed E-state index contributed by atoms with van der Waals surface area (Å²) in [7, 11) is 0. The Morgan fingerprint density at radius 1 is 1.29 bits per heavy atom. The van der Waals surface area contributed by atoms with Gasteiger partial charge in [0.15, 0.2) is 0 Å². The molecule has 1 aliphatic rings. The monoisotopic (exact) mass is 198 g/mol. The van der Waals surface area contributed by atoms with Gasteiger partial charge in [-0.3, -0.25) is 9.69 Å². The third kappa shape index (κ3) is 3.89. The summed E-state index contributed by atoms with van der Waals surface area (Å²) in [5.41, 5.74) is 0. The maximum Gasteiger partial charge on any atom is 0.304 e. The van der Waals surface area contributed by atoms with Gasteiger partial charge < -0.3 is 10.0 Å². The van der Waals surface area contributed by atoms with E-state index in [2.05, 4.69) is 16.4 Å². The van der Waals surface area contributed by atoms with Gasteiger partial charge in [-0.25, -0.2) is 0 Å². The predicted octanol–water partition coefficient (Wildman–Crippen LogP) is 0.265. The second kappa shape index (κ2) is 5.78. The van der Waals surface area contributed by atoms with Crippen molar-refractivity contribution in [2.45, 2.75) is 6.42 Å². The summed E-state index contributed by atoms with van der Waals surface area (Å²) in [5, 5.41) is 8.53. The standard InChI is InChI=1S/C10H18N2O2/c1-2-4-11-6-8-12(9-7-11)5-3-10(13)14/h2H,1,3-9H2,(H,13,14). The summed E-state index contributed by atoms with van der Waals surface area (Å²) in [6.45, 7) is 9.30. The van der Waals surface area contributed by atoms with Crippen LogP contribution in [0.3, 0.4) is 0 Å². The van der Waals surface area contributed by atoms with Crippen LogP contribution in [0.2, 0.25) is 0 Å². The SMILES string of the molecule is C=CCN1CCN(CCC(=O)O)CC1. The van der Waals surface area contributed by atoms with E-state index in [1.807, 2.05) is 6.08 Å². The van der Waals surface area contributed by atoms with Crippen LogP contribution in [0.25, 0.3) is 0 Å². The smallest absolute Gasteiger partial charge is 0.304 e. The van der Waals surface area contributed by atoms with Crippen molar-refractivity contribution in [3.05, 3.63) is 12.7 Å². The lowest BCUT2D eigenvalue weighted by Gasteiger charge is -2.33. The van der Waals surface area contributed by atoms with Crippen LogP contribution >= 0.6 is 0 Å². The molecule has 0 atom stereocenters. The van der Waals surface area contributed by atoms with Crippen LogP contribution in [0.1, 0.15) is 6.42 Å². The molecule has 1 fully saturated rings. The molecule has 0 spiro atoms. The van der Waals surface area contributed by atoms with E-state index in [-0.39, 0.29) is 6.42 Å². The maximum atomic E-state index is 10.4. The first-order valence-corrected chi connectivity index (χ1v) is 5.00. The van der Waals surface area contributed by atoms with Crippen molar-refractivity contribution < 1.29 is 9.90 Å². The van der Waals surface area contributed by atoms with Crippen LogP contribution in [-0.2, 0) is 4.79 Å². The summed E-state index contributed by atoms with van der Waals surface area (Å²) in [5.74, 6) is -0.710. The van der Waals surface area contributed by atoms with E-state index in [0.29, 0.717) is 6.54 Å². The highest BCUT2D eigenvalue weighted by Gasteiger charge is 2.15. The molecular formula is C10H18N2O2. The molecule has 1 rings (SSSR count). The Hall–Kier alpha value is -0.870. The van der Waals surface area contributed by atoms with Gasteiger partial charge in [0.2, 0.25) is 0 Å². The normalized spacial score (nSPS) is 19.4. The minimum atomic E-state index is -0.710. The van der Waals surface area contributed by atoms with E-state index in [4.69, 9.17) is 5.11 Å². The van der Waals surface area contributed by atoms with Crippen molar-refractivity contribution in [2.75, 3.05) is 39.3 Å². The summed E-state index contributed by atoms with van der Waals surface area (Å²) < 4.78 is 0. The van der Waals surface area contributed by atoms with Gasteiger partial charge in [-0.1, -0.05) is 6.08 Å². The first kappa shape index (κ1) is 11.2. The minimum Gasteiger partial charge on any atom is -0.481 e. The number of carboxylic acids is 1. The fourth-order valence-corrected chi connectivity index (χ4v) is 1.63. The summed E-state index contributed by atoms with van der Waals surface area (Å²) in [4.78, 5) is 14.9. The molecule has 1 aliphatic heterocycles. The second-order valence-corrected chi connectivity index (χ2v) is 3.57. The molecule has 4 nitrogen and oxygen atoms in total. The number of carbonyl (C=O) groups is 1. The molecule has 14 heavy (non-hydrogen) atoms. The first-order chi connectivity index (χ1) is 6.72. The Morgan fingerprint density at radius 3 is 2.36 bits per heavy atom. The molecule has 1 heterocycles. The molecule has 80 valence electrons. The number of hydrogen-bond acceptors (Lipinski definition) is 3. The zero-order chi connectivity index (χ0) is 10.4. The van der Waals surface area contributed by atoms with Crippen LogP contribution in [0.5, 0.6) is 0 Å². The van der Waals surface area contributed by atoms with Crippen LogP contribution in [0.15, 0.2) is 12.7 Å². The Labute approximate surface area is 84.8 Å². The van der Waals surface area contributed by atoms with Crippen LogP contribution in [-0.4, -0.2) is 60.1 Å². The molecule has 0 aromatic rings. The van der Waals surface area contributed by atoms with Crippen molar-refractivity contribution in [1.82, 2.24) is 9.80 Å². The lowest BCUT2D eigenvalue weighted by Crippen LogP contribution is -2.46. The maximum absolute atomic E-state index is 10.4. The number of hydrogen-bond donors (Lipinski definition) is 1. The van der Waals surface area contributed by atoms with E-state index >= 15 is 0 Å². The van der Waals surface area contributed by atoms with Gasteiger partial charge in [0.05, 0.1) is 6.42 Å². The molecule has 0 aromatic carbocycles. The van der Waals surface area contributed by atoms with E-state index in [9.17, 15) is 4.79 Å². The number of aliphatic carboxylic acids is 1. The molecule has 0 unspecified atom stereocenters. The molecule has 0 amide bonds. The summed E-state index contributed by atoms with van der Waals surface area (Å²) >= 11 is 0. The third-order valence-electron chi connectivity index (χ3n) is 2.49. The quantitative estimate of drug-likeness (QED) is 0.644. The average molecular weight is 198 g/mol. The molecule has 0 aliphatic carbocycles. The number of rotatable bonds is 5. The number of carboxylic acid groups (broad SMARTS) is 1. The predicted molar refractivity (Wildman–Crippen MR) is 55.3 cm³/mol. The minimum absolute atomic E-state index is 0.251. The molecule has 4 heteroatoms. The Bertz CT molecular complexity index is 198. The van der Waals surface area contributed by atoms with Crippen LogP contribution in [0, 0.1) is 0 Å². The van der Waals surface area contributed by atoms with Crippen molar-refractivity contribution >= 4 is 5.97 Å². The first-order valence-electron chi connectivity index (χ1n) is 5.00. The van der Waals surface area contributed by atoms with Crippen molar-refractivity contribution in [1.29, 1.82) is 0 Å². The van der Waals surface area contributed by atoms with E-state index in [1.54, 1.807) is 0 Å². The van der Waals surface area contributed by atoms with Gasteiger partial charge in [-0.2, -0.15) is 0 Å². The number of piperazine rings is 1. The van der Waals surface area contributed by atoms with E-state index in [1.165, 1.54) is 0 Å². The topological polar surface area (TPSA) is 43.8 Å². The highest BCUT2D eigenvalue weighted by Crippen LogP contribution is 2.02. The van der Waals surface area contributed by atoms with E-state index in [0.717, 1.165) is 32.7 Å². The fraction of sp³-hybridized carbons (Fsp3) is 0.700. The lowest BCUT2D eigenvalue weighted by atomic mass is 10.3. The zero-order valence-corrected chi connectivity index (χ0v) is 8.48. The average Bonchev–Trinajstić information content (AvgIpc) is 2.17. The Morgan fingerprint density at radius 2 is 1.86 bits per heavy atom. The van der Waals surface area contributed by atoms with Gasteiger partial charge in [0.25, 0.3) is 0 Å². The Balaban J connectivity index is 2.15. The van der Waals surface area contributed by atoms with Gasteiger partial charge in [-0.05, 0) is 0 Å². The second-order valence-electron chi connectivity index (χ2n) is 3.57. The van der Waals surface area contributed by atoms with E-state index < -0.39 is 5.97 Å². The molecule has 0 aromatic heterocycles. The fourth-order valence-electron chi connectivity index (χ4n) is 1.63. The lowest BCUT2D eigenvalue weighted by molar-refractivity contribution is -0.137. The van der Waals surface area contributed by atoms with Crippen molar-refractivity contribution in [3.8, 4) is 0 Å². The largest absolute Gasteiger partial charge is 0.481 e. The molecule has 0 saturated carbocycles. The van der Waals surface area contributed by atoms with Crippen molar-refractivity contribution in [2.24, 2.45) is 0 Å². The van der Waals surface area contributed by atoms with Crippen molar-refractivity contribution in [3.63, 3.8) is 0 Å². The third-order valence-corrected chi connectivity index (χ3v) is 2.49. The molecule has 1 saturated heterocycles. The summed E-state index contributed by atoms with van der Waals surface area (Å²) in [6, 6.07) is 0. The Kier molecular flexibility index (Phi) is 4.62. The molecular weight excluding hydrogens is 180 g/mol. The van der Waals surface area contributed by atoms with Crippen LogP contribution in [0.4, 0.5) is 0 Å². The highest BCUT2D eigenvalue weighted by atomic mass is 16.4. The molecule has 0 radical (unpaired) electrons. The number of nitrogens with zero attached hydrogens (tertiary/aromatic N) is 2. The summed E-state index contributed by atoms with van der Waals surface area (Å²) in [6.07, 6.45) is 2.16. The van der Waals surface area contributed by atoms with Gasteiger partial charge in [0.1, 0.15) is 0 Å². The van der Waals surface area contributed by atoms with Crippen LogP contribution < -0.4 is 0 Å². The van der Waals surface area contributed by atoms with Gasteiger partial charge in [0, 0.05) is 39.3 Å². The highest BCUT2D eigenvalue weighted by molar-refractivity contribution is 5.66.